The number of nitrogens with one attached hydrogen (secondary N) is 4. The normalized spacial score (nSPS) is 10.2. The molecule has 14 nitrogen and oxygen atoms in total. The Hall–Kier alpha value is -4.82. The zero-order chi connectivity index (χ0) is 21.5. The van der Waals surface area contributed by atoms with Gasteiger partial charge in [-0.3, -0.25) is 20.2 Å². The van der Waals surface area contributed by atoms with Crippen LogP contribution in [-0.4, -0.2) is 60.7 Å². The summed E-state index contributed by atoms with van der Waals surface area (Å²) < 4.78 is 10.8. The van der Waals surface area contributed by atoms with E-state index in [0.717, 1.165) is 7.69 Å². The van der Waals surface area contributed by atoms with Crippen LogP contribution in [0.3, 0.4) is 0 Å². The van der Waals surface area contributed by atoms with Crippen molar-refractivity contribution in [2.45, 2.75) is 0 Å². The predicted molar refractivity (Wildman–Crippen MR) is 104 cm³/mol. The molecule has 4 aromatic rings. The van der Waals surface area contributed by atoms with Crippen molar-refractivity contribution < 1.29 is 18.9 Å². The number of hydrogen-bond donors (Lipinski definition) is 4. The van der Waals surface area contributed by atoms with Crippen LogP contribution in [0.1, 0.15) is 20.7 Å². The van der Waals surface area contributed by atoms with Crippen molar-refractivity contribution in [3.8, 4) is 11.5 Å². The van der Waals surface area contributed by atoms with E-state index >= 15 is 0 Å². The Morgan fingerprint density at radius 3 is 1.68 bits per heavy atom. The number of amides is 2. The van der Waals surface area contributed by atoms with Crippen molar-refractivity contribution >= 4 is 31.4 Å². The molecule has 2 aromatic heterocycles. The monoisotopic (exact) mass is 419 g/mol. The van der Waals surface area contributed by atoms with Crippen LogP contribution in [0, 0.1) is 0 Å². The van der Waals surface area contributed by atoms with Gasteiger partial charge in [0.2, 0.25) is 0 Å². The molecule has 0 aliphatic carbocycles. The van der Waals surface area contributed by atoms with E-state index in [4.69, 9.17) is 9.31 Å². The minimum atomic E-state index is -0.437. The third-order valence-electron chi connectivity index (χ3n) is 3.70. The Morgan fingerprint density at radius 2 is 1.26 bits per heavy atom. The molecule has 0 unspecified atom stereocenters. The summed E-state index contributed by atoms with van der Waals surface area (Å²) in [7, 11) is 1.08. The molecular formula is C16H12BN10O4. The minimum absolute atomic E-state index is 0.0504. The van der Waals surface area contributed by atoms with Gasteiger partial charge in [-0.25, -0.2) is 0 Å². The lowest BCUT2D eigenvalue weighted by Crippen LogP contribution is -2.15. The summed E-state index contributed by atoms with van der Waals surface area (Å²) in [5.41, 5.74) is 0.631. The second kappa shape index (κ2) is 9.12. The number of carbonyl (C=O) groups is 2. The molecule has 0 saturated carbocycles. The first-order chi connectivity index (χ1) is 15.2. The van der Waals surface area contributed by atoms with Crippen molar-refractivity contribution in [3.05, 3.63) is 59.7 Å². The number of rotatable bonds is 8. The van der Waals surface area contributed by atoms with Gasteiger partial charge >= 0.3 is 7.69 Å². The first-order valence-corrected chi connectivity index (χ1v) is 8.62. The number of anilines is 2. The fourth-order valence-corrected chi connectivity index (χ4v) is 2.33. The van der Waals surface area contributed by atoms with Crippen LogP contribution in [0.5, 0.6) is 11.5 Å². The molecule has 0 aliphatic rings. The fourth-order valence-electron chi connectivity index (χ4n) is 2.33. The molecule has 0 atom stereocenters. The Kier molecular flexibility index (Phi) is 5.74. The molecule has 31 heavy (non-hydrogen) atoms. The van der Waals surface area contributed by atoms with Gasteiger partial charge in [-0.15, -0.1) is 10.2 Å². The number of H-pyrrole nitrogens is 2. The highest BCUT2D eigenvalue weighted by Gasteiger charge is 2.12. The van der Waals surface area contributed by atoms with E-state index in [1.807, 2.05) is 0 Å². The number of hydrogen-bond acceptors (Lipinski definition) is 10. The Morgan fingerprint density at radius 1 is 0.774 bits per heavy atom. The summed E-state index contributed by atoms with van der Waals surface area (Å²) in [6.07, 6.45) is 0. The average Bonchev–Trinajstić information content (AvgIpc) is 3.49. The first kappa shape index (κ1) is 19.5. The molecule has 0 fully saturated rings. The van der Waals surface area contributed by atoms with E-state index in [9.17, 15) is 9.59 Å². The molecule has 1 radical (unpaired) electrons. The van der Waals surface area contributed by atoms with E-state index in [2.05, 4.69) is 51.9 Å². The number of aromatic nitrogens is 8. The van der Waals surface area contributed by atoms with E-state index in [1.165, 1.54) is 12.1 Å². The number of nitrogens with zero attached hydrogens (tertiary/aromatic N) is 6. The van der Waals surface area contributed by atoms with Gasteiger partial charge in [0.1, 0.15) is 11.5 Å². The Labute approximate surface area is 174 Å². The lowest BCUT2D eigenvalue weighted by Gasteiger charge is -2.09. The van der Waals surface area contributed by atoms with Crippen molar-refractivity contribution in [1.82, 2.24) is 41.2 Å². The van der Waals surface area contributed by atoms with Gasteiger partial charge in [0.15, 0.2) is 0 Å². The molecular weight excluding hydrogens is 407 g/mol. The van der Waals surface area contributed by atoms with Crippen molar-refractivity contribution in [2.75, 3.05) is 10.6 Å². The Balaban J connectivity index is 1.32. The van der Waals surface area contributed by atoms with Crippen LogP contribution in [0.15, 0.2) is 48.5 Å². The lowest BCUT2D eigenvalue weighted by atomic mass is 10.2. The molecule has 0 bridgehead atoms. The third kappa shape index (κ3) is 5.17. The van der Waals surface area contributed by atoms with Gasteiger partial charge < -0.3 is 9.31 Å². The standard InChI is InChI=1S/C16H12BN10O4/c28-13(18-15-20-24-25-21-15)9-3-1-5-11(7-9)30-17-31-12-6-2-4-10(8-12)14(29)19-16-22-26-27-23-16/h1-8H,(H2,18,20,21,24,25,28)(H2,19,22,23,26,27,29). The van der Waals surface area contributed by atoms with E-state index < -0.39 is 11.8 Å². The van der Waals surface area contributed by atoms with Gasteiger partial charge in [-0.1, -0.05) is 22.3 Å². The van der Waals surface area contributed by atoms with Crippen LogP contribution in [-0.2, 0) is 0 Å². The fraction of sp³-hybridized carbons (Fsp3) is 0. The van der Waals surface area contributed by atoms with Crippen molar-refractivity contribution in [3.63, 3.8) is 0 Å². The second-order valence-electron chi connectivity index (χ2n) is 5.77. The summed E-state index contributed by atoms with van der Waals surface area (Å²) in [6, 6.07) is 12.7. The van der Waals surface area contributed by atoms with Gasteiger partial charge in [0.05, 0.1) is 0 Å². The summed E-state index contributed by atoms with van der Waals surface area (Å²) in [5, 5.41) is 30.7. The van der Waals surface area contributed by atoms with E-state index in [1.54, 1.807) is 36.4 Å². The van der Waals surface area contributed by atoms with Crippen LogP contribution in [0.25, 0.3) is 0 Å². The molecule has 2 aromatic carbocycles. The summed E-state index contributed by atoms with van der Waals surface area (Å²) in [6.45, 7) is 0. The van der Waals surface area contributed by atoms with Crippen LogP contribution >= 0.6 is 0 Å². The zero-order valence-electron chi connectivity index (χ0n) is 15.5. The highest BCUT2D eigenvalue weighted by atomic mass is 16.6. The average molecular weight is 419 g/mol. The molecule has 2 amide bonds. The molecule has 0 spiro atoms. The van der Waals surface area contributed by atoms with Crippen LogP contribution in [0.2, 0.25) is 0 Å². The zero-order valence-corrected chi connectivity index (χ0v) is 15.5. The van der Waals surface area contributed by atoms with Crippen molar-refractivity contribution in [1.29, 1.82) is 0 Å². The van der Waals surface area contributed by atoms with Crippen LogP contribution in [0.4, 0.5) is 11.9 Å². The van der Waals surface area contributed by atoms with Gasteiger partial charge in [-0.2, -0.15) is 10.4 Å². The third-order valence-corrected chi connectivity index (χ3v) is 3.70. The second-order valence-corrected chi connectivity index (χ2v) is 5.77. The molecule has 153 valence electrons. The quantitative estimate of drug-likeness (QED) is 0.288. The SMILES string of the molecule is O=C(Nc1nn[nH]n1)c1cccc(O[B]Oc2cccc(C(=O)Nc3nn[nH]n3)c2)c1. The molecule has 0 saturated heterocycles. The largest absolute Gasteiger partial charge is 0.658 e. The molecule has 4 N–H and O–H groups in total. The van der Waals surface area contributed by atoms with Gasteiger partial charge in [0, 0.05) is 11.1 Å². The summed E-state index contributed by atoms with van der Waals surface area (Å²) in [4.78, 5) is 24.4. The van der Waals surface area contributed by atoms with Gasteiger partial charge in [-0.05, 0) is 46.8 Å². The maximum absolute atomic E-state index is 12.2. The summed E-state index contributed by atoms with van der Waals surface area (Å²) in [5.74, 6) is -0.0661. The summed E-state index contributed by atoms with van der Waals surface area (Å²) >= 11 is 0. The topological polar surface area (TPSA) is 186 Å². The smallest absolute Gasteiger partial charge is 0.526 e. The predicted octanol–water partition coefficient (Wildman–Crippen LogP) is 0.209. The maximum Gasteiger partial charge on any atom is 0.658 e. The number of tetrazole rings is 2. The molecule has 4 rings (SSSR count). The maximum atomic E-state index is 12.2. The highest BCUT2D eigenvalue weighted by molar-refractivity contribution is 6.21. The Bertz CT molecular complexity index is 1080. The van der Waals surface area contributed by atoms with E-state index in [0.29, 0.717) is 22.6 Å². The molecule has 0 aliphatic heterocycles. The number of aromatic amines is 2. The van der Waals surface area contributed by atoms with E-state index in [-0.39, 0.29) is 11.9 Å². The minimum Gasteiger partial charge on any atom is -0.526 e. The number of benzene rings is 2. The first-order valence-electron chi connectivity index (χ1n) is 8.62. The highest BCUT2D eigenvalue weighted by Crippen LogP contribution is 2.16. The lowest BCUT2D eigenvalue weighted by molar-refractivity contribution is 0.101. The van der Waals surface area contributed by atoms with Crippen LogP contribution < -0.4 is 19.9 Å². The molecule has 15 heteroatoms. The van der Waals surface area contributed by atoms with Crippen molar-refractivity contribution in [2.24, 2.45) is 0 Å². The number of carbonyl (C=O) groups excluding carboxylic acids is 2. The van der Waals surface area contributed by atoms with Gasteiger partial charge in [0.25, 0.3) is 23.7 Å². The molecule has 2 heterocycles.